The van der Waals surface area contributed by atoms with Gasteiger partial charge < -0.3 is 15.5 Å². The van der Waals surface area contributed by atoms with Crippen molar-refractivity contribution in [3.05, 3.63) is 70.7 Å². The third-order valence-corrected chi connectivity index (χ3v) is 5.45. The van der Waals surface area contributed by atoms with Crippen molar-refractivity contribution in [3.8, 4) is 0 Å². The van der Waals surface area contributed by atoms with E-state index >= 15 is 0 Å². The molecule has 0 aliphatic carbocycles. The second kappa shape index (κ2) is 10.8. The van der Waals surface area contributed by atoms with E-state index in [-0.39, 0.29) is 30.3 Å². The molecule has 0 aromatic heterocycles. The molecule has 0 radical (unpaired) electrons. The molecular formula is C23H26ClN3O3. The molecule has 1 fully saturated rings. The average molecular weight is 428 g/mol. The van der Waals surface area contributed by atoms with Crippen LogP contribution in [0.4, 0.5) is 0 Å². The number of hydrogen-bond donors (Lipinski definition) is 2. The standard InChI is InChI=1S/C23H26ClN3O3/c24-19-9-6-17(7-10-19)8-11-21(28)26-20-12-14-27(15-13-20)22(29)16-25-23(30)18-4-2-1-3-5-18/h1-7,9-10,20H,8,11-16H2,(H,25,30)(H,26,28). The molecule has 2 aromatic carbocycles. The Kier molecular flexibility index (Phi) is 7.85. The minimum absolute atomic E-state index is 0.0184. The molecule has 3 rings (SSSR count). The molecule has 1 heterocycles. The van der Waals surface area contributed by atoms with Crippen LogP contribution in [0, 0.1) is 0 Å². The monoisotopic (exact) mass is 427 g/mol. The van der Waals surface area contributed by atoms with Crippen LogP contribution >= 0.6 is 11.6 Å². The van der Waals surface area contributed by atoms with Crippen LogP contribution in [-0.2, 0) is 16.0 Å². The number of rotatable bonds is 7. The fourth-order valence-electron chi connectivity index (χ4n) is 3.44. The Morgan fingerprint density at radius 3 is 2.30 bits per heavy atom. The van der Waals surface area contributed by atoms with Crippen LogP contribution in [-0.4, -0.2) is 48.3 Å². The number of hydrogen-bond acceptors (Lipinski definition) is 3. The number of likely N-dealkylation sites (tertiary alicyclic amines) is 1. The van der Waals surface area contributed by atoms with Gasteiger partial charge in [-0.3, -0.25) is 14.4 Å². The van der Waals surface area contributed by atoms with Gasteiger partial charge in [-0.1, -0.05) is 41.9 Å². The zero-order valence-electron chi connectivity index (χ0n) is 16.8. The number of carbonyl (C=O) groups is 3. The molecule has 1 aliphatic heterocycles. The van der Waals surface area contributed by atoms with E-state index in [9.17, 15) is 14.4 Å². The number of carbonyl (C=O) groups excluding carboxylic acids is 3. The van der Waals surface area contributed by atoms with Crippen LogP contribution in [0.1, 0.15) is 35.2 Å². The summed E-state index contributed by atoms with van der Waals surface area (Å²) in [7, 11) is 0. The summed E-state index contributed by atoms with van der Waals surface area (Å²) in [6.07, 6.45) is 2.52. The first-order chi connectivity index (χ1) is 14.5. The molecule has 0 atom stereocenters. The summed E-state index contributed by atoms with van der Waals surface area (Å²) in [5, 5.41) is 6.41. The van der Waals surface area contributed by atoms with Crippen molar-refractivity contribution in [2.75, 3.05) is 19.6 Å². The van der Waals surface area contributed by atoms with Crippen molar-refractivity contribution in [1.29, 1.82) is 0 Å². The molecule has 6 nitrogen and oxygen atoms in total. The third-order valence-electron chi connectivity index (χ3n) is 5.20. The molecule has 1 aliphatic rings. The molecule has 3 amide bonds. The number of benzene rings is 2. The van der Waals surface area contributed by atoms with E-state index in [0.717, 1.165) is 5.56 Å². The van der Waals surface area contributed by atoms with E-state index in [2.05, 4.69) is 10.6 Å². The lowest BCUT2D eigenvalue weighted by molar-refractivity contribution is -0.131. The predicted molar refractivity (Wildman–Crippen MR) is 116 cm³/mol. The number of nitrogens with zero attached hydrogens (tertiary/aromatic N) is 1. The largest absolute Gasteiger partial charge is 0.353 e. The van der Waals surface area contributed by atoms with Gasteiger partial charge in [-0.2, -0.15) is 0 Å². The highest BCUT2D eigenvalue weighted by Gasteiger charge is 2.24. The molecule has 7 heteroatoms. The zero-order chi connectivity index (χ0) is 21.3. The maximum atomic E-state index is 12.4. The first-order valence-electron chi connectivity index (χ1n) is 10.2. The number of halogens is 1. The smallest absolute Gasteiger partial charge is 0.251 e. The molecule has 2 aromatic rings. The van der Waals surface area contributed by atoms with E-state index in [4.69, 9.17) is 11.6 Å². The van der Waals surface area contributed by atoms with Gasteiger partial charge in [0.1, 0.15) is 0 Å². The lowest BCUT2D eigenvalue weighted by atomic mass is 10.0. The number of piperidine rings is 1. The van der Waals surface area contributed by atoms with Gasteiger partial charge >= 0.3 is 0 Å². The molecule has 158 valence electrons. The van der Waals surface area contributed by atoms with Crippen LogP contribution < -0.4 is 10.6 Å². The SMILES string of the molecule is O=C(CCc1ccc(Cl)cc1)NC1CCN(C(=O)CNC(=O)c2ccccc2)CC1. The maximum Gasteiger partial charge on any atom is 0.251 e. The highest BCUT2D eigenvalue weighted by molar-refractivity contribution is 6.30. The van der Waals surface area contributed by atoms with E-state index in [0.29, 0.717) is 49.4 Å². The molecule has 1 saturated heterocycles. The summed E-state index contributed by atoms with van der Waals surface area (Å²) in [6, 6.07) is 16.4. The number of aryl methyl sites for hydroxylation is 1. The fraction of sp³-hybridized carbons (Fsp3) is 0.348. The van der Waals surface area contributed by atoms with Gasteiger partial charge in [0.25, 0.3) is 5.91 Å². The lowest BCUT2D eigenvalue weighted by Gasteiger charge is -2.32. The normalized spacial score (nSPS) is 14.2. The van der Waals surface area contributed by atoms with Gasteiger partial charge in [0, 0.05) is 36.1 Å². The van der Waals surface area contributed by atoms with Gasteiger partial charge in [-0.15, -0.1) is 0 Å². The van der Waals surface area contributed by atoms with Gasteiger partial charge in [-0.25, -0.2) is 0 Å². The predicted octanol–water partition coefficient (Wildman–Crippen LogP) is 2.81. The molecule has 0 spiro atoms. The topological polar surface area (TPSA) is 78.5 Å². The molecule has 0 bridgehead atoms. The van der Waals surface area contributed by atoms with Crippen molar-refractivity contribution in [2.45, 2.75) is 31.7 Å². The Hall–Kier alpha value is -2.86. The first kappa shape index (κ1) is 21.8. The first-order valence-corrected chi connectivity index (χ1v) is 10.5. The summed E-state index contributed by atoms with van der Waals surface area (Å²) >= 11 is 5.87. The highest BCUT2D eigenvalue weighted by Crippen LogP contribution is 2.13. The van der Waals surface area contributed by atoms with Gasteiger partial charge in [-0.05, 0) is 49.1 Å². The van der Waals surface area contributed by atoms with E-state index in [1.54, 1.807) is 29.2 Å². The Morgan fingerprint density at radius 2 is 1.63 bits per heavy atom. The van der Waals surface area contributed by atoms with E-state index in [1.165, 1.54) is 0 Å². The van der Waals surface area contributed by atoms with Crippen LogP contribution in [0.15, 0.2) is 54.6 Å². The minimum Gasteiger partial charge on any atom is -0.353 e. The van der Waals surface area contributed by atoms with Crippen molar-refractivity contribution in [1.82, 2.24) is 15.5 Å². The Balaban J connectivity index is 1.34. The minimum atomic E-state index is -0.258. The Labute approximate surface area is 181 Å². The van der Waals surface area contributed by atoms with Gasteiger partial charge in [0.15, 0.2) is 0 Å². The molecular weight excluding hydrogens is 402 g/mol. The summed E-state index contributed by atoms with van der Waals surface area (Å²) < 4.78 is 0. The summed E-state index contributed by atoms with van der Waals surface area (Å²) in [6.45, 7) is 1.12. The Bertz CT molecular complexity index is 863. The summed E-state index contributed by atoms with van der Waals surface area (Å²) in [5.74, 6) is -0.344. The van der Waals surface area contributed by atoms with E-state index in [1.807, 2.05) is 30.3 Å². The molecule has 30 heavy (non-hydrogen) atoms. The van der Waals surface area contributed by atoms with Crippen molar-refractivity contribution >= 4 is 29.3 Å². The van der Waals surface area contributed by atoms with Crippen LogP contribution in [0.2, 0.25) is 5.02 Å². The van der Waals surface area contributed by atoms with Gasteiger partial charge in [0.2, 0.25) is 11.8 Å². The summed E-state index contributed by atoms with van der Waals surface area (Å²) in [5.41, 5.74) is 1.61. The van der Waals surface area contributed by atoms with Crippen molar-refractivity contribution in [3.63, 3.8) is 0 Å². The average Bonchev–Trinajstić information content (AvgIpc) is 2.78. The molecule has 2 N–H and O–H groups in total. The lowest BCUT2D eigenvalue weighted by Crippen LogP contribution is -2.49. The van der Waals surface area contributed by atoms with E-state index < -0.39 is 0 Å². The molecule has 0 saturated carbocycles. The fourth-order valence-corrected chi connectivity index (χ4v) is 3.57. The quantitative estimate of drug-likeness (QED) is 0.713. The van der Waals surface area contributed by atoms with Crippen LogP contribution in [0.25, 0.3) is 0 Å². The second-order valence-corrected chi connectivity index (χ2v) is 7.83. The molecule has 0 unspecified atom stereocenters. The van der Waals surface area contributed by atoms with Crippen molar-refractivity contribution in [2.24, 2.45) is 0 Å². The number of amides is 3. The summed E-state index contributed by atoms with van der Waals surface area (Å²) in [4.78, 5) is 38.4. The maximum absolute atomic E-state index is 12.4. The Morgan fingerprint density at radius 1 is 0.967 bits per heavy atom. The zero-order valence-corrected chi connectivity index (χ0v) is 17.5. The second-order valence-electron chi connectivity index (χ2n) is 7.40. The van der Waals surface area contributed by atoms with Crippen LogP contribution in [0.3, 0.4) is 0 Å². The number of nitrogens with one attached hydrogen (secondary N) is 2. The van der Waals surface area contributed by atoms with Gasteiger partial charge in [0.05, 0.1) is 6.54 Å². The highest BCUT2D eigenvalue weighted by atomic mass is 35.5. The van der Waals surface area contributed by atoms with Crippen molar-refractivity contribution < 1.29 is 14.4 Å². The van der Waals surface area contributed by atoms with Crippen LogP contribution in [0.5, 0.6) is 0 Å². The third kappa shape index (κ3) is 6.59.